The molecule has 0 spiro atoms. The summed E-state index contributed by atoms with van der Waals surface area (Å²) in [4.78, 5) is 13.5. The van der Waals surface area contributed by atoms with Crippen LogP contribution in [0.4, 0.5) is 0 Å². The van der Waals surface area contributed by atoms with Crippen LogP contribution in [0.5, 0.6) is 0 Å². The van der Waals surface area contributed by atoms with Gasteiger partial charge in [-0.15, -0.1) is 0 Å². The summed E-state index contributed by atoms with van der Waals surface area (Å²) in [5, 5.41) is 9.95. The van der Waals surface area contributed by atoms with Crippen molar-refractivity contribution in [2.24, 2.45) is 5.73 Å². The summed E-state index contributed by atoms with van der Waals surface area (Å²) in [5.41, 5.74) is 5.14. The summed E-state index contributed by atoms with van der Waals surface area (Å²) in [6, 6.07) is -0.404. The van der Waals surface area contributed by atoms with Crippen molar-refractivity contribution in [3.8, 4) is 0 Å². The molecule has 0 unspecified atom stereocenters. The van der Waals surface area contributed by atoms with Gasteiger partial charge in [-0.05, 0) is 24.9 Å². The zero-order valence-electron chi connectivity index (χ0n) is 10.1. The van der Waals surface area contributed by atoms with E-state index in [4.69, 9.17) is 5.73 Å². The Hall–Kier alpha value is -0.260. The van der Waals surface area contributed by atoms with E-state index in [9.17, 15) is 9.90 Å². The molecule has 0 bridgehead atoms. The minimum absolute atomic E-state index is 0.0187. The summed E-state index contributed by atoms with van der Waals surface area (Å²) in [6.45, 7) is 2.94. The molecule has 0 saturated carbocycles. The van der Waals surface area contributed by atoms with Crippen molar-refractivity contribution in [1.82, 2.24) is 4.90 Å². The summed E-state index contributed by atoms with van der Waals surface area (Å²) in [7, 11) is 0. The van der Waals surface area contributed by atoms with Gasteiger partial charge in [0, 0.05) is 0 Å². The Bertz CT molecular complexity index is 242. The van der Waals surface area contributed by atoms with E-state index < -0.39 is 11.6 Å². The third kappa shape index (κ3) is 3.37. The van der Waals surface area contributed by atoms with Gasteiger partial charge in [0.25, 0.3) is 0 Å². The first-order valence-corrected chi connectivity index (χ1v) is 7.17. The minimum Gasteiger partial charge on any atom is -0.386 e. The molecule has 1 aliphatic heterocycles. The molecule has 0 aliphatic carbocycles. The molecule has 1 saturated heterocycles. The number of β-amino-alcohol motifs (C(OH)–C–C–N with tert-alkyl or cyclic N) is 1. The maximum atomic E-state index is 11.8. The number of rotatable bonds is 6. The van der Waals surface area contributed by atoms with E-state index >= 15 is 0 Å². The monoisotopic (exact) mass is 246 g/mol. The summed E-state index contributed by atoms with van der Waals surface area (Å²) < 4.78 is 0. The summed E-state index contributed by atoms with van der Waals surface area (Å²) in [6.07, 6.45) is 4.41. The molecule has 0 aromatic carbocycles. The van der Waals surface area contributed by atoms with Gasteiger partial charge < -0.3 is 15.7 Å². The molecule has 94 valence electrons. The van der Waals surface area contributed by atoms with E-state index in [0.29, 0.717) is 19.5 Å². The van der Waals surface area contributed by atoms with Gasteiger partial charge in [-0.3, -0.25) is 4.79 Å². The number of likely N-dealkylation sites (tertiary alicyclic amines) is 1. The average molecular weight is 246 g/mol. The molecule has 16 heavy (non-hydrogen) atoms. The Morgan fingerprint density at radius 2 is 2.25 bits per heavy atom. The second kappa shape index (κ2) is 5.89. The number of nitrogens with zero attached hydrogens (tertiary/aromatic N) is 1. The predicted molar refractivity (Wildman–Crippen MR) is 67.4 cm³/mol. The van der Waals surface area contributed by atoms with Crippen LogP contribution in [0.15, 0.2) is 0 Å². The summed E-state index contributed by atoms with van der Waals surface area (Å²) >= 11 is 1.69. The standard InChI is InChI=1S/C11H22N2O2S/c1-3-5-11(15)7-13(8-11)10(14)9(12)4-6-16-2/h9,15H,3-8,12H2,1-2H3/t9-/m1/s1. The van der Waals surface area contributed by atoms with Crippen LogP contribution >= 0.6 is 11.8 Å². The first-order chi connectivity index (χ1) is 7.52. The lowest BCUT2D eigenvalue weighted by Gasteiger charge is -2.47. The molecule has 0 aromatic rings. The molecule has 1 aliphatic rings. The maximum absolute atomic E-state index is 11.8. The molecule has 1 heterocycles. The number of thioether (sulfide) groups is 1. The quantitative estimate of drug-likeness (QED) is 0.714. The van der Waals surface area contributed by atoms with E-state index in [2.05, 4.69) is 0 Å². The van der Waals surface area contributed by atoms with E-state index in [1.807, 2.05) is 13.2 Å². The smallest absolute Gasteiger partial charge is 0.239 e. The fraction of sp³-hybridized carbons (Fsp3) is 0.909. The molecule has 0 radical (unpaired) electrons. The molecule has 5 heteroatoms. The van der Waals surface area contributed by atoms with Crippen LogP contribution < -0.4 is 5.73 Å². The van der Waals surface area contributed by atoms with E-state index in [0.717, 1.165) is 18.6 Å². The highest BCUT2D eigenvalue weighted by atomic mass is 32.2. The molecule has 3 N–H and O–H groups in total. The molecular weight excluding hydrogens is 224 g/mol. The normalized spacial score (nSPS) is 20.4. The lowest BCUT2D eigenvalue weighted by molar-refractivity contribution is -0.157. The van der Waals surface area contributed by atoms with Crippen molar-refractivity contribution in [1.29, 1.82) is 0 Å². The largest absolute Gasteiger partial charge is 0.386 e. The van der Waals surface area contributed by atoms with Gasteiger partial charge in [0.15, 0.2) is 0 Å². The van der Waals surface area contributed by atoms with Crippen LogP contribution in [0.2, 0.25) is 0 Å². The molecule has 1 atom stereocenters. The van der Waals surface area contributed by atoms with Gasteiger partial charge in [0.2, 0.25) is 5.91 Å². The topological polar surface area (TPSA) is 66.6 Å². The SMILES string of the molecule is CCCC1(O)CN(C(=O)[C@H](N)CCSC)C1. The van der Waals surface area contributed by atoms with E-state index in [-0.39, 0.29) is 5.91 Å². The van der Waals surface area contributed by atoms with Crippen LogP contribution in [0.1, 0.15) is 26.2 Å². The Balaban J connectivity index is 2.30. The van der Waals surface area contributed by atoms with E-state index in [1.54, 1.807) is 16.7 Å². The van der Waals surface area contributed by atoms with Crippen LogP contribution in [-0.4, -0.2) is 52.7 Å². The average Bonchev–Trinajstić information content (AvgIpc) is 2.21. The van der Waals surface area contributed by atoms with Crippen molar-refractivity contribution in [3.05, 3.63) is 0 Å². The second-order valence-electron chi connectivity index (χ2n) is 4.56. The Morgan fingerprint density at radius 3 is 2.75 bits per heavy atom. The number of carbonyl (C=O) groups is 1. The third-order valence-corrected chi connectivity index (χ3v) is 3.59. The highest BCUT2D eigenvalue weighted by Gasteiger charge is 2.43. The zero-order chi connectivity index (χ0) is 12.2. The van der Waals surface area contributed by atoms with Crippen molar-refractivity contribution in [2.75, 3.05) is 25.1 Å². The molecule has 0 aromatic heterocycles. The fourth-order valence-corrected chi connectivity index (χ4v) is 2.54. The number of amides is 1. The van der Waals surface area contributed by atoms with E-state index in [1.165, 1.54) is 0 Å². The van der Waals surface area contributed by atoms with Crippen molar-refractivity contribution < 1.29 is 9.90 Å². The number of aliphatic hydroxyl groups is 1. The second-order valence-corrected chi connectivity index (χ2v) is 5.54. The Labute approximate surface area is 102 Å². The first-order valence-electron chi connectivity index (χ1n) is 5.78. The Kier molecular flexibility index (Phi) is 5.08. The van der Waals surface area contributed by atoms with Crippen LogP contribution in [-0.2, 0) is 4.79 Å². The maximum Gasteiger partial charge on any atom is 0.239 e. The van der Waals surface area contributed by atoms with Gasteiger partial charge in [-0.2, -0.15) is 11.8 Å². The Morgan fingerprint density at radius 1 is 1.62 bits per heavy atom. The zero-order valence-corrected chi connectivity index (χ0v) is 10.9. The molecule has 4 nitrogen and oxygen atoms in total. The summed E-state index contributed by atoms with van der Waals surface area (Å²) in [5.74, 6) is 0.884. The van der Waals surface area contributed by atoms with Crippen LogP contribution in [0.25, 0.3) is 0 Å². The van der Waals surface area contributed by atoms with Crippen LogP contribution in [0, 0.1) is 0 Å². The first kappa shape index (κ1) is 13.8. The molecular formula is C11H22N2O2S. The van der Waals surface area contributed by atoms with Crippen molar-refractivity contribution in [2.45, 2.75) is 37.8 Å². The molecule has 1 rings (SSSR count). The number of hydrogen-bond donors (Lipinski definition) is 2. The molecule has 1 fully saturated rings. The lowest BCUT2D eigenvalue weighted by Crippen LogP contribution is -2.65. The number of carbonyl (C=O) groups excluding carboxylic acids is 1. The van der Waals surface area contributed by atoms with Gasteiger partial charge in [0.1, 0.15) is 0 Å². The minimum atomic E-state index is -0.649. The van der Waals surface area contributed by atoms with Gasteiger partial charge in [-0.1, -0.05) is 13.3 Å². The van der Waals surface area contributed by atoms with Gasteiger partial charge >= 0.3 is 0 Å². The third-order valence-electron chi connectivity index (χ3n) is 2.95. The van der Waals surface area contributed by atoms with Crippen molar-refractivity contribution >= 4 is 17.7 Å². The molecule has 1 amide bonds. The number of hydrogen-bond acceptors (Lipinski definition) is 4. The van der Waals surface area contributed by atoms with Gasteiger partial charge in [0.05, 0.1) is 24.7 Å². The lowest BCUT2D eigenvalue weighted by atomic mass is 9.88. The van der Waals surface area contributed by atoms with Gasteiger partial charge in [-0.25, -0.2) is 0 Å². The fourth-order valence-electron chi connectivity index (χ4n) is 2.05. The highest BCUT2D eigenvalue weighted by Crippen LogP contribution is 2.26. The van der Waals surface area contributed by atoms with Crippen molar-refractivity contribution in [3.63, 3.8) is 0 Å². The number of nitrogens with two attached hydrogens (primary N) is 1. The highest BCUT2D eigenvalue weighted by molar-refractivity contribution is 7.98. The predicted octanol–water partition coefficient (Wildman–Crippen LogP) is 0.440. The van der Waals surface area contributed by atoms with Crippen LogP contribution in [0.3, 0.4) is 0 Å².